The number of morpholine rings is 1. The molecule has 0 spiro atoms. The molecule has 206 valence electrons. The van der Waals surface area contributed by atoms with E-state index < -0.39 is 6.03 Å². The molecule has 1 saturated heterocycles. The molecule has 0 bridgehead atoms. The molecule has 2 aromatic carbocycles. The maximum atomic E-state index is 13.3. The summed E-state index contributed by atoms with van der Waals surface area (Å²) in [5.74, 6) is -0.628. The van der Waals surface area contributed by atoms with Crippen LogP contribution >= 0.6 is 0 Å². The average molecular weight is 535 g/mol. The fourth-order valence-electron chi connectivity index (χ4n) is 4.83. The van der Waals surface area contributed by atoms with Gasteiger partial charge in [-0.3, -0.25) is 14.7 Å². The molecule has 0 saturated carbocycles. The number of aromatic nitrogens is 1. The summed E-state index contributed by atoms with van der Waals surface area (Å²) in [7, 11) is 0. The van der Waals surface area contributed by atoms with Gasteiger partial charge in [0, 0.05) is 25.3 Å². The molecule has 0 aliphatic carbocycles. The second kappa shape index (κ2) is 13.7. The number of aryl methyl sites for hydroxylation is 1. The number of nitrogens with one attached hydrogen (secondary N) is 2. The van der Waals surface area contributed by atoms with Crippen molar-refractivity contribution >= 4 is 23.3 Å². The number of hydrogen-bond donors (Lipinski definition) is 4. The molecule has 1 aliphatic heterocycles. The molecule has 6 N–H and O–H groups in total. The Morgan fingerprint density at radius 2 is 1.74 bits per heavy atom. The van der Waals surface area contributed by atoms with Crippen molar-refractivity contribution in [2.45, 2.75) is 37.8 Å². The maximum absolute atomic E-state index is 13.3. The summed E-state index contributed by atoms with van der Waals surface area (Å²) in [6.45, 7) is 3.02. The number of pyridine rings is 1. The van der Waals surface area contributed by atoms with Gasteiger partial charge in [-0.2, -0.15) is 0 Å². The third-order valence-electron chi connectivity index (χ3n) is 6.98. The second-order valence-corrected chi connectivity index (χ2v) is 9.62. The number of ether oxygens (including phenoxy) is 1. The number of amides is 3. The van der Waals surface area contributed by atoms with Crippen molar-refractivity contribution in [2.24, 2.45) is 5.73 Å². The molecule has 1 fully saturated rings. The van der Waals surface area contributed by atoms with Gasteiger partial charge in [0.1, 0.15) is 11.5 Å². The number of nitrogens with two attached hydrogens (primary N) is 2. The molecule has 2 atom stereocenters. The number of anilines is 2. The van der Waals surface area contributed by atoms with Crippen molar-refractivity contribution in [1.82, 2.24) is 15.2 Å². The predicted octanol–water partition coefficient (Wildman–Crippen LogP) is 3.88. The third kappa shape index (κ3) is 8.23. The molecule has 4 rings (SSSR count). The van der Waals surface area contributed by atoms with Gasteiger partial charge in [-0.15, -0.1) is 0 Å². The van der Waals surface area contributed by atoms with E-state index in [0.717, 1.165) is 43.5 Å². The zero-order valence-electron chi connectivity index (χ0n) is 21.8. The molecular weight excluding hydrogens is 499 g/mol. The molecule has 1 aromatic heterocycles. The van der Waals surface area contributed by atoms with Crippen molar-refractivity contribution in [3.63, 3.8) is 0 Å². The first-order valence-electron chi connectivity index (χ1n) is 13.1. The number of primary amides is 1. The van der Waals surface area contributed by atoms with Crippen LogP contribution in [0.5, 0.6) is 0 Å². The molecule has 3 aromatic rings. The van der Waals surface area contributed by atoms with Crippen LogP contribution in [0, 0.1) is 5.82 Å². The zero-order valence-corrected chi connectivity index (χ0v) is 21.8. The van der Waals surface area contributed by atoms with Crippen LogP contribution in [-0.4, -0.2) is 54.2 Å². The Bertz CT molecular complexity index is 1230. The van der Waals surface area contributed by atoms with Crippen molar-refractivity contribution in [3.05, 3.63) is 89.5 Å². The van der Waals surface area contributed by atoms with E-state index in [4.69, 9.17) is 16.2 Å². The van der Waals surface area contributed by atoms with E-state index in [-0.39, 0.29) is 29.5 Å². The molecule has 2 unspecified atom stereocenters. The number of rotatable bonds is 11. The minimum absolute atomic E-state index is 0.227. The van der Waals surface area contributed by atoms with Crippen molar-refractivity contribution < 1.29 is 18.7 Å². The highest BCUT2D eigenvalue weighted by Gasteiger charge is 2.24. The number of carbonyl (C=O) groups excluding carboxylic acids is 2. The van der Waals surface area contributed by atoms with Crippen LogP contribution < -0.4 is 22.1 Å². The monoisotopic (exact) mass is 534 g/mol. The highest BCUT2D eigenvalue weighted by atomic mass is 19.1. The van der Waals surface area contributed by atoms with Gasteiger partial charge in [-0.1, -0.05) is 30.3 Å². The molecule has 9 nitrogen and oxygen atoms in total. The van der Waals surface area contributed by atoms with Crippen molar-refractivity contribution in [1.29, 1.82) is 0 Å². The Hall–Kier alpha value is -4.02. The Morgan fingerprint density at radius 1 is 1.00 bits per heavy atom. The van der Waals surface area contributed by atoms with E-state index in [1.54, 1.807) is 42.6 Å². The lowest BCUT2D eigenvalue weighted by atomic mass is 9.95. The standard InChI is InChI=1S/C29H35FN6O3/c30-22-9-5-20(6-10-22)7-11-23(36-15-17-39-18-16-36)12-14-25(35-29(32)38)21-8-13-27(33-19-21)28(37)34-26-4-2-1-3-24(26)31/h1-6,8-10,13,19,23,25H,7,11-12,14-18,31H2,(H,34,37)(H3,32,35,38). The summed E-state index contributed by atoms with van der Waals surface area (Å²) in [5.41, 5.74) is 14.4. The van der Waals surface area contributed by atoms with Crippen LogP contribution in [0.4, 0.5) is 20.6 Å². The number of halogens is 1. The fourth-order valence-corrected chi connectivity index (χ4v) is 4.83. The van der Waals surface area contributed by atoms with Gasteiger partial charge in [-0.25, -0.2) is 9.18 Å². The molecule has 1 aliphatic rings. The molecule has 3 amide bonds. The summed E-state index contributed by atoms with van der Waals surface area (Å²) in [4.78, 5) is 31.2. The van der Waals surface area contributed by atoms with Gasteiger partial charge >= 0.3 is 6.03 Å². The van der Waals surface area contributed by atoms with E-state index in [9.17, 15) is 14.0 Å². The fraction of sp³-hybridized carbons (Fsp3) is 0.345. The summed E-state index contributed by atoms with van der Waals surface area (Å²) in [5, 5.41) is 5.59. The van der Waals surface area contributed by atoms with E-state index in [1.165, 1.54) is 12.1 Å². The van der Waals surface area contributed by atoms with Gasteiger partial charge in [0.05, 0.1) is 30.6 Å². The Balaban J connectivity index is 1.43. The van der Waals surface area contributed by atoms with Crippen LogP contribution in [-0.2, 0) is 11.2 Å². The normalized spacial score (nSPS) is 15.3. The Morgan fingerprint density at radius 3 is 2.41 bits per heavy atom. The largest absolute Gasteiger partial charge is 0.397 e. The number of nitrogens with zero attached hydrogens (tertiary/aromatic N) is 2. The summed E-state index contributed by atoms with van der Waals surface area (Å²) in [6, 6.07) is 16.2. The first-order chi connectivity index (χ1) is 18.9. The molecule has 39 heavy (non-hydrogen) atoms. The highest BCUT2D eigenvalue weighted by Crippen LogP contribution is 2.24. The molecule has 2 heterocycles. The minimum atomic E-state index is -0.629. The number of para-hydroxylation sites is 2. The topological polar surface area (TPSA) is 136 Å². The number of carbonyl (C=O) groups is 2. The number of nitrogen functional groups attached to an aromatic ring is 1. The second-order valence-electron chi connectivity index (χ2n) is 9.62. The Kier molecular flexibility index (Phi) is 9.82. The van der Waals surface area contributed by atoms with Crippen LogP contribution in [0.2, 0.25) is 0 Å². The van der Waals surface area contributed by atoms with Crippen LogP contribution in [0.1, 0.15) is 46.9 Å². The van der Waals surface area contributed by atoms with Gasteiger partial charge < -0.3 is 26.8 Å². The van der Waals surface area contributed by atoms with E-state index >= 15 is 0 Å². The van der Waals surface area contributed by atoms with E-state index in [0.29, 0.717) is 31.0 Å². The SMILES string of the molecule is NC(=O)NC(CCC(CCc1ccc(F)cc1)N1CCOCC1)c1ccc(C(=O)Nc2ccccc2N)nc1. The number of urea groups is 1. The van der Waals surface area contributed by atoms with Gasteiger partial charge in [-0.05, 0) is 67.1 Å². The molecule has 0 radical (unpaired) electrons. The lowest BCUT2D eigenvalue weighted by Crippen LogP contribution is -2.44. The van der Waals surface area contributed by atoms with Gasteiger partial charge in [0.2, 0.25) is 0 Å². The quantitative estimate of drug-likeness (QED) is 0.276. The number of benzene rings is 2. The Labute approximate surface area is 227 Å². The van der Waals surface area contributed by atoms with Crippen molar-refractivity contribution in [2.75, 3.05) is 37.4 Å². The molecule has 10 heteroatoms. The van der Waals surface area contributed by atoms with Crippen LogP contribution in [0.15, 0.2) is 66.9 Å². The highest BCUT2D eigenvalue weighted by molar-refractivity contribution is 6.04. The van der Waals surface area contributed by atoms with Crippen LogP contribution in [0.25, 0.3) is 0 Å². The summed E-state index contributed by atoms with van der Waals surface area (Å²) >= 11 is 0. The predicted molar refractivity (Wildman–Crippen MR) is 149 cm³/mol. The lowest BCUT2D eigenvalue weighted by molar-refractivity contribution is 0.0121. The van der Waals surface area contributed by atoms with E-state index in [2.05, 4.69) is 20.5 Å². The smallest absolute Gasteiger partial charge is 0.312 e. The maximum Gasteiger partial charge on any atom is 0.312 e. The minimum Gasteiger partial charge on any atom is -0.397 e. The van der Waals surface area contributed by atoms with Crippen LogP contribution in [0.3, 0.4) is 0 Å². The first kappa shape index (κ1) is 28.0. The van der Waals surface area contributed by atoms with Gasteiger partial charge in [0.25, 0.3) is 5.91 Å². The van der Waals surface area contributed by atoms with Gasteiger partial charge in [0.15, 0.2) is 0 Å². The summed E-state index contributed by atoms with van der Waals surface area (Å²) < 4.78 is 18.9. The lowest BCUT2D eigenvalue weighted by Gasteiger charge is -2.35. The van der Waals surface area contributed by atoms with Crippen molar-refractivity contribution in [3.8, 4) is 0 Å². The summed E-state index contributed by atoms with van der Waals surface area (Å²) in [6.07, 6.45) is 4.71. The first-order valence-corrected chi connectivity index (χ1v) is 13.1. The van der Waals surface area contributed by atoms with E-state index in [1.807, 2.05) is 12.1 Å². The molecular formula is C29H35FN6O3. The third-order valence-corrected chi connectivity index (χ3v) is 6.98. The average Bonchev–Trinajstić information content (AvgIpc) is 2.95. The number of hydrogen-bond acceptors (Lipinski definition) is 6. The zero-order chi connectivity index (χ0) is 27.6.